The van der Waals surface area contributed by atoms with Gasteiger partial charge in [0.1, 0.15) is 17.7 Å². The van der Waals surface area contributed by atoms with Crippen LogP contribution >= 0.6 is 0 Å². The molecule has 2 aromatic rings. The molecule has 0 aliphatic rings. The Morgan fingerprint density at radius 3 is 2.21 bits per heavy atom. The van der Waals surface area contributed by atoms with Crippen LogP contribution in [-0.2, 0) is 0 Å². The molecule has 1 heterocycles. The first-order valence-corrected chi connectivity index (χ1v) is 7.54. The van der Waals surface area contributed by atoms with Gasteiger partial charge in [-0.05, 0) is 51.1 Å². The van der Waals surface area contributed by atoms with E-state index in [4.69, 9.17) is 10.5 Å². The van der Waals surface area contributed by atoms with E-state index in [1.807, 2.05) is 56.0 Å². The van der Waals surface area contributed by atoms with Crippen LogP contribution < -0.4 is 10.2 Å². The van der Waals surface area contributed by atoms with Gasteiger partial charge in [0.05, 0.1) is 0 Å². The van der Waals surface area contributed by atoms with Crippen LogP contribution in [0.3, 0.4) is 0 Å². The average Bonchev–Trinajstić information content (AvgIpc) is 2.57. The van der Waals surface area contributed by atoms with Crippen molar-refractivity contribution in [3.63, 3.8) is 0 Å². The lowest BCUT2D eigenvalue weighted by molar-refractivity contribution is 0.920. The summed E-state index contributed by atoms with van der Waals surface area (Å²) in [5.74, 6) is 0.673. The van der Waals surface area contributed by atoms with Crippen LogP contribution in [0.15, 0.2) is 42.1 Å². The third-order valence-electron chi connectivity index (χ3n) is 3.33. The largest absolute Gasteiger partial charge is 0.360 e. The summed E-state index contributed by atoms with van der Waals surface area (Å²) in [5.41, 5.74) is 3.65. The quantitative estimate of drug-likeness (QED) is 0.847. The van der Waals surface area contributed by atoms with Crippen LogP contribution in [0, 0.1) is 36.5 Å². The van der Waals surface area contributed by atoms with E-state index >= 15 is 0 Å². The zero-order valence-corrected chi connectivity index (χ0v) is 13.9. The highest BCUT2D eigenvalue weighted by molar-refractivity contribution is 5.62. The maximum atomic E-state index is 8.72. The van der Waals surface area contributed by atoms with Gasteiger partial charge in [-0.25, -0.2) is 9.97 Å². The first-order valence-electron chi connectivity index (χ1n) is 7.54. The number of benzene rings is 1. The second-order valence-corrected chi connectivity index (χ2v) is 5.17. The summed E-state index contributed by atoms with van der Waals surface area (Å²) < 4.78 is 0. The van der Waals surface area contributed by atoms with E-state index in [0.29, 0.717) is 5.95 Å². The van der Waals surface area contributed by atoms with Gasteiger partial charge >= 0.3 is 0 Å². The smallest absolute Gasteiger partial charge is 0.230 e. The van der Waals surface area contributed by atoms with Crippen molar-refractivity contribution in [3.8, 4) is 12.1 Å². The fourth-order valence-electron chi connectivity index (χ4n) is 2.25. The van der Waals surface area contributed by atoms with Gasteiger partial charge in [0.15, 0.2) is 0 Å². The van der Waals surface area contributed by atoms with Crippen LogP contribution in [0.25, 0.3) is 0 Å². The number of nitrogens with zero attached hydrogens (tertiary/aromatic N) is 5. The van der Waals surface area contributed by atoms with Gasteiger partial charge in [-0.15, -0.1) is 0 Å². The zero-order chi connectivity index (χ0) is 17.5. The Morgan fingerprint density at radius 2 is 1.71 bits per heavy atom. The molecule has 0 amide bonds. The van der Waals surface area contributed by atoms with Crippen molar-refractivity contribution in [2.75, 3.05) is 16.8 Å². The van der Waals surface area contributed by atoms with Crippen LogP contribution in [0.2, 0.25) is 0 Å². The van der Waals surface area contributed by atoms with Crippen molar-refractivity contribution in [2.45, 2.75) is 20.8 Å². The number of hydrogen-bond donors (Lipinski definition) is 1. The van der Waals surface area contributed by atoms with E-state index in [2.05, 4.69) is 15.3 Å². The molecule has 0 radical (unpaired) electrons. The number of anilines is 3. The van der Waals surface area contributed by atoms with Gasteiger partial charge in [-0.2, -0.15) is 10.5 Å². The van der Waals surface area contributed by atoms with Gasteiger partial charge in [0, 0.05) is 35.5 Å². The van der Waals surface area contributed by atoms with Gasteiger partial charge < -0.3 is 10.2 Å². The zero-order valence-electron chi connectivity index (χ0n) is 13.9. The van der Waals surface area contributed by atoms with E-state index in [1.165, 1.54) is 6.20 Å². The second-order valence-electron chi connectivity index (χ2n) is 5.17. The molecule has 0 saturated heterocycles. The van der Waals surface area contributed by atoms with Crippen molar-refractivity contribution in [3.05, 3.63) is 53.5 Å². The molecule has 1 N–H and O–H groups in total. The van der Waals surface area contributed by atoms with Crippen molar-refractivity contribution in [1.29, 1.82) is 10.5 Å². The Balaban J connectivity index is 2.24. The molecule has 0 aliphatic heterocycles. The molecule has 1 aromatic carbocycles. The highest BCUT2D eigenvalue weighted by atomic mass is 15.2. The predicted octanol–water partition coefficient (Wildman–Crippen LogP) is 3.59. The predicted molar refractivity (Wildman–Crippen MR) is 93.6 cm³/mol. The van der Waals surface area contributed by atoms with E-state index in [0.717, 1.165) is 29.3 Å². The van der Waals surface area contributed by atoms with Gasteiger partial charge in [0.25, 0.3) is 0 Å². The Hall–Kier alpha value is -3.38. The average molecular weight is 318 g/mol. The van der Waals surface area contributed by atoms with Crippen molar-refractivity contribution in [1.82, 2.24) is 9.97 Å². The maximum absolute atomic E-state index is 8.72. The van der Waals surface area contributed by atoms with Crippen molar-refractivity contribution >= 4 is 17.3 Å². The molecule has 0 aliphatic carbocycles. The summed E-state index contributed by atoms with van der Waals surface area (Å²) in [6, 6.07) is 13.2. The molecule has 0 unspecified atom stereocenters. The number of rotatable bonds is 5. The topological polar surface area (TPSA) is 88.6 Å². The molecule has 6 heteroatoms. The Kier molecular flexibility index (Phi) is 5.49. The number of nitriles is 2. The standard InChI is InChI=1S/C18H18N6/c1-4-24(18-22-13(2)9-14(3)23-18)17-7-5-16(6-8-17)21-12-15(10-19)11-20/h5-9,12,21H,4H2,1-3H3. The number of aromatic nitrogens is 2. The molecular formula is C18H18N6. The normalized spacial score (nSPS) is 9.54. The molecular weight excluding hydrogens is 300 g/mol. The van der Waals surface area contributed by atoms with E-state index in [9.17, 15) is 0 Å². The first kappa shape index (κ1) is 17.0. The third-order valence-corrected chi connectivity index (χ3v) is 3.33. The Morgan fingerprint density at radius 1 is 1.12 bits per heavy atom. The van der Waals surface area contributed by atoms with Crippen LogP contribution in [0.5, 0.6) is 0 Å². The Labute approximate surface area is 141 Å². The van der Waals surface area contributed by atoms with Crippen LogP contribution in [0.1, 0.15) is 18.3 Å². The molecule has 1 aromatic heterocycles. The Bertz CT molecular complexity index is 788. The fraction of sp³-hybridized carbons (Fsp3) is 0.222. The van der Waals surface area contributed by atoms with Gasteiger partial charge in [-0.3, -0.25) is 0 Å². The molecule has 0 saturated carbocycles. The molecule has 0 spiro atoms. The minimum absolute atomic E-state index is 0.0258. The highest BCUT2D eigenvalue weighted by Gasteiger charge is 2.11. The van der Waals surface area contributed by atoms with Crippen molar-refractivity contribution in [2.24, 2.45) is 0 Å². The monoisotopic (exact) mass is 318 g/mol. The van der Waals surface area contributed by atoms with E-state index in [-0.39, 0.29) is 5.57 Å². The summed E-state index contributed by atoms with van der Waals surface area (Å²) in [6.45, 7) is 6.69. The third kappa shape index (κ3) is 4.08. The summed E-state index contributed by atoms with van der Waals surface area (Å²) in [4.78, 5) is 11.0. The SMILES string of the molecule is CCN(c1ccc(NC=C(C#N)C#N)cc1)c1nc(C)cc(C)n1. The summed E-state index contributed by atoms with van der Waals surface area (Å²) in [6.07, 6.45) is 1.39. The lowest BCUT2D eigenvalue weighted by atomic mass is 10.2. The van der Waals surface area contributed by atoms with Crippen molar-refractivity contribution < 1.29 is 0 Å². The maximum Gasteiger partial charge on any atom is 0.230 e. The molecule has 120 valence electrons. The lowest BCUT2D eigenvalue weighted by Crippen LogP contribution is -2.19. The number of aryl methyl sites for hydroxylation is 2. The number of nitrogens with one attached hydrogen (secondary N) is 1. The fourth-order valence-corrected chi connectivity index (χ4v) is 2.25. The van der Waals surface area contributed by atoms with E-state index in [1.54, 1.807) is 12.1 Å². The number of hydrogen-bond acceptors (Lipinski definition) is 6. The van der Waals surface area contributed by atoms with E-state index < -0.39 is 0 Å². The molecule has 2 rings (SSSR count). The molecule has 6 nitrogen and oxygen atoms in total. The molecule has 0 fully saturated rings. The summed E-state index contributed by atoms with van der Waals surface area (Å²) in [5, 5.41) is 20.4. The lowest BCUT2D eigenvalue weighted by Gasteiger charge is -2.21. The summed E-state index contributed by atoms with van der Waals surface area (Å²) >= 11 is 0. The number of allylic oxidation sites excluding steroid dienone is 1. The molecule has 0 bridgehead atoms. The minimum atomic E-state index is 0.0258. The highest BCUT2D eigenvalue weighted by Crippen LogP contribution is 2.24. The van der Waals surface area contributed by atoms with Gasteiger partial charge in [0.2, 0.25) is 5.95 Å². The second kappa shape index (κ2) is 7.75. The molecule has 24 heavy (non-hydrogen) atoms. The van der Waals surface area contributed by atoms with Crippen LogP contribution in [-0.4, -0.2) is 16.5 Å². The van der Waals surface area contributed by atoms with Crippen LogP contribution in [0.4, 0.5) is 17.3 Å². The summed E-state index contributed by atoms with van der Waals surface area (Å²) in [7, 11) is 0. The molecule has 0 atom stereocenters. The van der Waals surface area contributed by atoms with Gasteiger partial charge in [-0.1, -0.05) is 0 Å². The first-order chi connectivity index (χ1) is 11.6. The minimum Gasteiger partial charge on any atom is -0.360 e.